The van der Waals surface area contributed by atoms with Crippen molar-refractivity contribution in [1.29, 1.82) is 0 Å². The van der Waals surface area contributed by atoms with Crippen molar-refractivity contribution in [1.82, 2.24) is 10.3 Å². The normalized spacial score (nSPS) is 26.9. The van der Waals surface area contributed by atoms with Gasteiger partial charge in [0, 0.05) is 25.5 Å². The number of anilines is 1. The van der Waals surface area contributed by atoms with Gasteiger partial charge in [0.2, 0.25) is 0 Å². The first-order chi connectivity index (χ1) is 8.55. The van der Waals surface area contributed by atoms with E-state index in [0.29, 0.717) is 5.69 Å². The Bertz CT molecular complexity index is 450. The summed E-state index contributed by atoms with van der Waals surface area (Å²) >= 11 is 0. The molecule has 0 aliphatic carbocycles. The highest BCUT2D eigenvalue weighted by Crippen LogP contribution is 2.29. The molecule has 1 fully saturated rings. The Morgan fingerprint density at radius 2 is 2.39 bits per heavy atom. The van der Waals surface area contributed by atoms with Gasteiger partial charge in [-0.15, -0.1) is 0 Å². The summed E-state index contributed by atoms with van der Waals surface area (Å²) in [4.78, 5) is 15.6. The van der Waals surface area contributed by atoms with E-state index in [4.69, 9.17) is 4.74 Å². The standard InChI is InChI=1S/C13H19N3O2/c1-9-13(2,5-7-18-9)16-10-4-6-15-11(8-10)12(17)14-3/h4,6,8-9H,5,7H2,1-3H3,(H,14,17)(H,15,16). The summed E-state index contributed by atoms with van der Waals surface area (Å²) in [6.07, 6.45) is 2.73. The molecule has 2 heterocycles. The number of nitrogens with zero attached hydrogens (tertiary/aromatic N) is 1. The van der Waals surface area contributed by atoms with Gasteiger partial charge >= 0.3 is 0 Å². The van der Waals surface area contributed by atoms with E-state index in [0.717, 1.165) is 18.7 Å². The van der Waals surface area contributed by atoms with Crippen LogP contribution in [0.25, 0.3) is 0 Å². The molecule has 5 heteroatoms. The van der Waals surface area contributed by atoms with Crippen molar-refractivity contribution in [3.63, 3.8) is 0 Å². The van der Waals surface area contributed by atoms with E-state index >= 15 is 0 Å². The maximum Gasteiger partial charge on any atom is 0.269 e. The molecule has 1 aromatic heterocycles. The van der Waals surface area contributed by atoms with Crippen LogP contribution >= 0.6 is 0 Å². The fourth-order valence-electron chi connectivity index (χ4n) is 2.09. The van der Waals surface area contributed by atoms with Gasteiger partial charge in [0.05, 0.1) is 11.6 Å². The predicted octanol–water partition coefficient (Wildman–Crippen LogP) is 1.42. The summed E-state index contributed by atoms with van der Waals surface area (Å²) in [6.45, 7) is 4.95. The molecule has 0 bridgehead atoms. The summed E-state index contributed by atoms with van der Waals surface area (Å²) in [5.41, 5.74) is 1.21. The molecule has 1 aromatic rings. The van der Waals surface area contributed by atoms with Crippen LogP contribution in [0.5, 0.6) is 0 Å². The fourth-order valence-corrected chi connectivity index (χ4v) is 2.09. The lowest BCUT2D eigenvalue weighted by Gasteiger charge is -2.30. The van der Waals surface area contributed by atoms with Crippen LogP contribution in [0.1, 0.15) is 30.8 Å². The molecular weight excluding hydrogens is 230 g/mol. The minimum absolute atomic E-state index is 0.0959. The SMILES string of the molecule is CNC(=O)c1cc(NC2(C)CCOC2C)ccn1. The largest absolute Gasteiger partial charge is 0.377 e. The zero-order chi connectivity index (χ0) is 13.2. The van der Waals surface area contributed by atoms with Crippen molar-refractivity contribution >= 4 is 11.6 Å². The minimum atomic E-state index is -0.181. The number of rotatable bonds is 3. The Hall–Kier alpha value is -1.62. The Morgan fingerprint density at radius 3 is 3.00 bits per heavy atom. The van der Waals surface area contributed by atoms with E-state index in [1.807, 2.05) is 6.07 Å². The first-order valence-electron chi connectivity index (χ1n) is 6.13. The van der Waals surface area contributed by atoms with Crippen LogP contribution in [0.4, 0.5) is 5.69 Å². The van der Waals surface area contributed by atoms with E-state index in [2.05, 4.69) is 29.5 Å². The number of amides is 1. The van der Waals surface area contributed by atoms with Gasteiger partial charge in [-0.05, 0) is 32.4 Å². The van der Waals surface area contributed by atoms with Crippen molar-refractivity contribution in [2.75, 3.05) is 19.0 Å². The molecule has 1 amide bonds. The maximum atomic E-state index is 11.5. The van der Waals surface area contributed by atoms with Gasteiger partial charge in [-0.2, -0.15) is 0 Å². The number of hydrogen-bond acceptors (Lipinski definition) is 4. The van der Waals surface area contributed by atoms with E-state index < -0.39 is 0 Å². The second-order valence-electron chi connectivity index (χ2n) is 4.81. The van der Waals surface area contributed by atoms with Crippen LogP contribution in [0.2, 0.25) is 0 Å². The quantitative estimate of drug-likeness (QED) is 0.850. The molecular formula is C13H19N3O2. The molecule has 2 unspecified atom stereocenters. The lowest BCUT2D eigenvalue weighted by molar-refractivity contribution is 0.0958. The second-order valence-corrected chi connectivity index (χ2v) is 4.81. The Morgan fingerprint density at radius 1 is 1.61 bits per heavy atom. The van der Waals surface area contributed by atoms with Gasteiger partial charge in [0.15, 0.2) is 0 Å². The van der Waals surface area contributed by atoms with E-state index in [1.54, 1.807) is 19.3 Å². The van der Waals surface area contributed by atoms with Gasteiger partial charge < -0.3 is 15.4 Å². The Labute approximate surface area is 107 Å². The van der Waals surface area contributed by atoms with Crippen LogP contribution in [0.3, 0.4) is 0 Å². The van der Waals surface area contributed by atoms with Gasteiger partial charge in [0.25, 0.3) is 5.91 Å². The summed E-state index contributed by atoms with van der Waals surface area (Å²) in [7, 11) is 1.60. The molecule has 0 aromatic carbocycles. The summed E-state index contributed by atoms with van der Waals surface area (Å²) < 4.78 is 5.58. The number of carbonyl (C=O) groups is 1. The van der Waals surface area contributed by atoms with E-state index in [1.165, 1.54) is 0 Å². The summed E-state index contributed by atoms with van der Waals surface area (Å²) in [6, 6.07) is 3.62. The van der Waals surface area contributed by atoms with E-state index in [-0.39, 0.29) is 17.6 Å². The number of ether oxygens (including phenoxy) is 1. The van der Waals surface area contributed by atoms with Crippen molar-refractivity contribution in [3.05, 3.63) is 24.0 Å². The average molecular weight is 249 g/mol. The third kappa shape index (κ3) is 2.46. The molecule has 98 valence electrons. The highest BCUT2D eigenvalue weighted by Gasteiger charge is 2.36. The Balaban J connectivity index is 2.17. The molecule has 2 atom stereocenters. The van der Waals surface area contributed by atoms with Gasteiger partial charge in [-0.25, -0.2) is 0 Å². The van der Waals surface area contributed by atoms with Gasteiger partial charge in [0.1, 0.15) is 5.69 Å². The highest BCUT2D eigenvalue weighted by atomic mass is 16.5. The predicted molar refractivity (Wildman–Crippen MR) is 69.7 cm³/mol. The number of pyridine rings is 1. The molecule has 18 heavy (non-hydrogen) atoms. The summed E-state index contributed by atoms with van der Waals surface area (Å²) in [5.74, 6) is -0.181. The fraction of sp³-hybridized carbons (Fsp3) is 0.538. The lowest BCUT2D eigenvalue weighted by atomic mass is 9.94. The Kier molecular flexibility index (Phi) is 3.52. The van der Waals surface area contributed by atoms with Crippen LogP contribution in [0, 0.1) is 0 Å². The first kappa shape index (κ1) is 12.8. The molecule has 0 radical (unpaired) electrons. The van der Waals surface area contributed by atoms with Crippen LogP contribution in [-0.2, 0) is 4.74 Å². The third-order valence-electron chi connectivity index (χ3n) is 3.54. The van der Waals surface area contributed by atoms with Crippen LogP contribution < -0.4 is 10.6 Å². The summed E-state index contributed by atoms with van der Waals surface area (Å²) in [5, 5.41) is 6.01. The van der Waals surface area contributed by atoms with Gasteiger partial charge in [-0.3, -0.25) is 9.78 Å². The van der Waals surface area contributed by atoms with Crippen molar-refractivity contribution in [3.8, 4) is 0 Å². The lowest BCUT2D eigenvalue weighted by Crippen LogP contribution is -2.41. The van der Waals surface area contributed by atoms with E-state index in [9.17, 15) is 4.79 Å². The molecule has 1 aliphatic rings. The second kappa shape index (κ2) is 4.94. The molecule has 2 rings (SSSR count). The maximum absolute atomic E-state index is 11.5. The molecule has 2 N–H and O–H groups in total. The number of nitrogens with one attached hydrogen (secondary N) is 2. The van der Waals surface area contributed by atoms with Gasteiger partial charge in [-0.1, -0.05) is 0 Å². The first-order valence-corrected chi connectivity index (χ1v) is 6.13. The molecule has 5 nitrogen and oxygen atoms in total. The van der Waals surface area contributed by atoms with Crippen molar-refractivity contribution in [2.45, 2.75) is 31.9 Å². The molecule has 0 spiro atoms. The average Bonchev–Trinajstić information content (AvgIpc) is 2.68. The van der Waals surface area contributed by atoms with Crippen LogP contribution in [0.15, 0.2) is 18.3 Å². The zero-order valence-electron chi connectivity index (χ0n) is 11.0. The van der Waals surface area contributed by atoms with Crippen molar-refractivity contribution < 1.29 is 9.53 Å². The smallest absolute Gasteiger partial charge is 0.269 e. The number of carbonyl (C=O) groups excluding carboxylic acids is 1. The van der Waals surface area contributed by atoms with Crippen molar-refractivity contribution in [2.24, 2.45) is 0 Å². The topological polar surface area (TPSA) is 63.2 Å². The molecule has 0 saturated carbocycles. The molecule has 1 aliphatic heterocycles. The number of aromatic nitrogens is 1. The molecule has 1 saturated heterocycles. The third-order valence-corrected chi connectivity index (χ3v) is 3.54. The zero-order valence-corrected chi connectivity index (χ0v) is 11.0. The monoisotopic (exact) mass is 249 g/mol. The minimum Gasteiger partial charge on any atom is -0.377 e. The highest BCUT2D eigenvalue weighted by molar-refractivity contribution is 5.92. The van der Waals surface area contributed by atoms with Crippen LogP contribution in [-0.4, -0.2) is 36.2 Å². The number of hydrogen-bond donors (Lipinski definition) is 2.